The lowest BCUT2D eigenvalue weighted by Gasteiger charge is -2.09. The third-order valence-electron chi connectivity index (χ3n) is 0.762. The van der Waals surface area contributed by atoms with E-state index in [1.807, 2.05) is 0 Å². The summed E-state index contributed by atoms with van der Waals surface area (Å²) >= 11 is -0.0379. The van der Waals surface area contributed by atoms with E-state index in [9.17, 15) is 9.00 Å². The summed E-state index contributed by atoms with van der Waals surface area (Å²) in [5, 5.41) is 0. The lowest BCUT2D eigenvalue weighted by Crippen LogP contribution is -2.16. The highest BCUT2D eigenvalue weighted by atomic mass is 32.1. The topological polar surface area (TPSA) is 46.5 Å². The number of hydrogen-bond donors (Lipinski definition) is 0. The molecule has 0 aromatic carbocycles. The predicted molar refractivity (Wildman–Crippen MR) is 35.0 cm³/mol. The van der Waals surface area contributed by atoms with Gasteiger partial charge in [0.15, 0.2) is 0 Å². The van der Waals surface area contributed by atoms with Gasteiger partial charge in [0, 0.05) is 5.41 Å². The maximum Gasteiger partial charge on any atom is 0.264 e. The van der Waals surface area contributed by atoms with E-state index in [2.05, 4.69) is 4.36 Å². The van der Waals surface area contributed by atoms with Gasteiger partial charge in [0.2, 0.25) is 11.5 Å². The summed E-state index contributed by atoms with van der Waals surface area (Å²) in [6.07, 6.45) is 0. The van der Waals surface area contributed by atoms with Crippen molar-refractivity contribution in [2.45, 2.75) is 20.8 Å². The van der Waals surface area contributed by atoms with Crippen LogP contribution in [0.3, 0.4) is 0 Å². The van der Waals surface area contributed by atoms with Gasteiger partial charge >= 0.3 is 0 Å². The molecule has 0 atom stereocenters. The minimum absolute atomic E-state index is 0.0379. The minimum atomic E-state index is -0.516. The molecule has 0 heterocycles. The van der Waals surface area contributed by atoms with Crippen LogP contribution >= 0.6 is 0 Å². The van der Waals surface area contributed by atoms with E-state index in [1.165, 1.54) is 0 Å². The molecule has 0 aromatic rings. The fourth-order valence-electron chi connectivity index (χ4n) is 0.171. The van der Waals surface area contributed by atoms with E-state index in [4.69, 9.17) is 0 Å². The smallest absolute Gasteiger partial charge is 0.264 e. The number of nitrogens with zero attached hydrogens (tertiary/aromatic N) is 1. The Morgan fingerprint density at radius 2 is 1.89 bits per heavy atom. The van der Waals surface area contributed by atoms with Gasteiger partial charge in [-0.15, -0.1) is 4.36 Å². The summed E-state index contributed by atoms with van der Waals surface area (Å²) in [5.41, 5.74) is -0.516. The third-order valence-corrected chi connectivity index (χ3v) is 1.00. The van der Waals surface area contributed by atoms with Crippen molar-refractivity contribution in [2.75, 3.05) is 0 Å². The molecule has 1 amide bonds. The van der Waals surface area contributed by atoms with Gasteiger partial charge in [-0.05, 0) is 0 Å². The molecule has 3 nitrogen and oxygen atoms in total. The van der Waals surface area contributed by atoms with Crippen LogP contribution in [0.2, 0.25) is 0 Å². The van der Waals surface area contributed by atoms with Crippen LogP contribution in [-0.2, 0) is 16.3 Å². The second-order valence-electron chi connectivity index (χ2n) is 2.72. The van der Waals surface area contributed by atoms with Crippen LogP contribution in [0, 0.1) is 5.41 Å². The molecule has 0 aromatic heterocycles. The predicted octanol–water partition coefficient (Wildman–Crippen LogP) is 0.956. The average Bonchev–Trinajstić information content (AvgIpc) is 1.64. The SMILES string of the molecule is CC(C)(C)C(=O)N=S=O. The summed E-state index contributed by atoms with van der Waals surface area (Å²) < 4.78 is 12.8. The summed E-state index contributed by atoms with van der Waals surface area (Å²) in [6.45, 7) is 5.15. The van der Waals surface area contributed by atoms with Crippen molar-refractivity contribution in [2.24, 2.45) is 9.78 Å². The molecule has 0 N–H and O–H groups in total. The van der Waals surface area contributed by atoms with E-state index >= 15 is 0 Å². The van der Waals surface area contributed by atoms with Crippen molar-refractivity contribution >= 4 is 17.4 Å². The van der Waals surface area contributed by atoms with E-state index in [-0.39, 0.29) is 17.4 Å². The van der Waals surface area contributed by atoms with Gasteiger partial charge in [-0.25, -0.2) is 0 Å². The van der Waals surface area contributed by atoms with E-state index in [0.717, 1.165) is 0 Å². The molecule has 0 aliphatic rings. The number of rotatable bonds is 0. The Balaban J connectivity index is 4.22. The van der Waals surface area contributed by atoms with Gasteiger partial charge < -0.3 is 0 Å². The fourth-order valence-corrected chi connectivity index (χ4v) is 0.512. The summed E-state index contributed by atoms with van der Waals surface area (Å²) in [4.78, 5) is 10.7. The van der Waals surface area contributed by atoms with Crippen LogP contribution in [0.4, 0.5) is 0 Å². The number of carbonyl (C=O) groups excluding carboxylic acids is 1. The number of hydrogen-bond acceptors (Lipinski definition) is 2. The highest BCUT2D eigenvalue weighted by molar-refractivity contribution is 7.55. The van der Waals surface area contributed by atoms with Crippen molar-refractivity contribution < 1.29 is 9.00 Å². The van der Waals surface area contributed by atoms with Gasteiger partial charge in [-0.1, -0.05) is 20.8 Å². The second kappa shape index (κ2) is 2.87. The van der Waals surface area contributed by atoms with Crippen molar-refractivity contribution in [1.82, 2.24) is 0 Å². The Labute approximate surface area is 57.7 Å². The first kappa shape index (κ1) is 8.49. The van der Waals surface area contributed by atoms with Crippen molar-refractivity contribution in [3.63, 3.8) is 0 Å². The maximum atomic E-state index is 10.7. The molecule has 52 valence electrons. The largest absolute Gasteiger partial charge is 0.271 e. The summed E-state index contributed by atoms with van der Waals surface area (Å²) in [7, 11) is 0. The van der Waals surface area contributed by atoms with Crippen LogP contribution in [0.25, 0.3) is 0 Å². The fraction of sp³-hybridized carbons (Fsp3) is 0.800. The first-order chi connectivity index (χ1) is 3.98. The van der Waals surface area contributed by atoms with E-state index < -0.39 is 5.41 Å². The number of carbonyl (C=O) groups is 1. The van der Waals surface area contributed by atoms with Crippen LogP contribution in [0.15, 0.2) is 4.36 Å². The molecule has 0 bridgehead atoms. The molecule has 0 rings (SSSR count). The molecule has 0 saturated heterocycles. The van der Waals surface area contributed by atoms with Crippen LogP contribution in [0.5, 0.6) is 0 Å². The Morgan fingerprint density at radius 3 is 2.00 bits per heavy atom. The van der Waals surface area contributed by atoms with Crippen molar-refractivity contribution in [3.05, 3.63) is 0 Å². The van der Waals surface area contributed by atoms with Gasteiger partial charge in [-0.3, -0.25) is 4.79 Å². The molecule has 0 aliphatic heterocycles. The van der Waals surface area contributed by atoms with Gasteiger partial charge in [-0.2, -0.15) is 4.21 Å². The zero-order valence-electron chi connectivity index (χ0n) is 5.67. The Bertz CT molecular complexity index is 164. The standard InChI is InChI=1S/C5H9NO2S/c1-5(2,3)4(7)6-9-8/h1-3H3. The highest BCUT2D eigenvalue weighted by Crippen LogP contribution is 2.14. The zero-order chi connectivity index (χ0) is 7.49. The first-order valence-corrected chi connectivity index (χ1v) is 3.23. The first-order valence-electron chi connectivity index (χ1n) is 2.53. The molecule has 4 heteroatoms. The molecule has 0 fully saturated rings. The molecule has 0 radical (unpaired) electrons. The molecule has 0 aliphatic carbocycles. The van der Waals surface area contributed by atoms with Gasteiger partial charge in [0.05, 0.1) is 0 Å². The van der Waals surface area contributed by atoms with E-state index in [1.54, 1.807) is 20.8 Å². The van der Waals surface area contributed by atoms with Gasteiger partial charge in [0.1, 0.15) is 0 Å². The molecular formula is C5H9NO2S. The van der Waals surface area contributed by atoms with Crippen LogP contribution in [0.1, 0.15) is 20.8 Å². The molecular weight excluding hydrogens is 138 g/mol. The van der Waals surface area contributed by atoms with Crippen LogP contribution < -0.4 is 0 Å². The summed E-state index contributed by atoms with van der Waals surface area (Å²) in [6, 6.07) is 0. The zero-order valence-corrected chi connectivity index (χ0v) is 6.49. The quantitative estimate of drug-likeness (QED) is 0.512. The van der Waals surface area contributed by atoms with Crippen molar-refractivity contribution in [1.29, 1.82) is 0 Å². The lowest BCUT2D eigenvalue weighted by molar-refractivity contribution is -0.124. The Morgan fingerprint density at radius 1 is 1.44 bits per heavy atom. The summed E-state index contributed by atoms with van der Waals surface area (Å²) in [5.74, 6) is -0.359. The van der Waals surface area contributed by atoms with E-state index in [0.29, 0.717) is 0 Å². The molecule has 0 unspecified atom stereocenters. The average molecular weight is 147 g/mol. The Kier molecular flexibility index (Phi) is 2.70. The maximum absolute atomic E-state index is 10.7. The highest BCUT2D eigenvalue weighted by Gasteiger charge is 2.20. The third kappa shape index (κ3) is 3.13. The minimum Gasteiger partial charge on any atom is -0.271 e. The second-order valence-corrected chi connectivity index (χ2v) is 3.05. The normalized spacial score (nSPS) is 10.6. The van der Waals surface area contributed by atoms with Gasteiger partial charge in [0.25, 0.3) is 5.91 Å². The molecule has 9 heavy (non-hydrogen) atoms. The lowest BCUT2D eigenvalue weighted by atomic mass is 9.96. The Hall–Kier alpha value is -0.510. The number of amides is 1. The monoisotopic (exact) mass is 147 g/mol. The molecule has 0 spiro atoms. The van der Waals surface area contributed by atoms with Crippen LogP contribution in [-0.4, -0.2) is 10.1 Å². The van der Waals surface area contributed by atoms with Crippen molar-refractivity contribution in [3.8, 4) is 0 Å². The molecule has 0 saturated carbocycles.